The molecule has 194 valence electrons. The van der Waals surface area contributed by atoms with Gasteiger partial charge in [-0.05, 0) is 67.5 Å². The van der Waals surface area contributed by atoms with Gasteiger partial charge in [-0.1, -0.05) is 0 Å². The predicted molar refractivity (Wildman–Crippen MR) is 138 cm³/mol. The lowest BCUT2D eigenvalue weighted by Crippen LogP contribution is -2.20. The van der Waals surface area contributed by atoms with Gasteiger partial charge in [-0.3, -0.25) is 9.52 Å². The van der Waals surface area contributed by atoms with E-state index >= 15 is 0 Å². The molecular weight excluding hydrogens is 506 g/mol. The van der Waals surface area contributed by atoms with Crippen molar-refractivity contribution in [3.63, 3.8) is 0 Å². The number of carbonyl (C=O) groups is 1. The van der Waals surface area contributed by atoms with Crippen LogP contribution in [0.15, 0.2) is 34.7 Å². The minimum Gasteiger partial charge on any atom is -0.497 e. The van der Waals surface area contributed by atoms with Gasteiger partial charge >= 0.3 is 0 Å². The number of carbonyl (C=O) groups excluding carboxylic acids is 1. The van der Waals surface area contributed by atoms with Crippen LogP contribution in [0.1, 0.15) is 47.5 Å². The molecule has 36 heavy (non-hydrogen) atoms. The van der Waals surface area contributed by atoms with Crippen molar-refractivity contribution in [3.8, 4) is 17.1 Å². The molecule has 0 radical (unpaired) electrons. The van der Waals surface area contributed by atoms with E-state index in [0.717, 1.165) is 19.1 Å². The number of sulfonamides is 1. The molecule has 1 aliphatic rings. The van der Waals surface area contributed by atoms with Gasteiger partial charge in [0.1, 0.15) is 27.2 Å². The van der Waals surface area contributed by atoms with Crippen molar-refractivity contribution in [3.05, 3.63) is 41.5 Å². The second-order valence-corrected chi connectivity index (χ2v) is 13.0. The summed E-state index contributed by atoms with van der Waals surface area (Å²) in [7, 11) is -3.84. The zero-order valence-corrected chi connectivity index (χ0v) is 22.0. The van der Waals surface area contributed by atoms with Crippen LogP contribution < -0.4 is 14.8 Å². The monoisotopic (exact) mass is 535 g/mol. The van der Waals surface area contributed by atoms with Crippen molar-refractivity contribution < 1.29 is 30.8 Å². The topological polar surface area (TPSA) is 145 Å². The Balaban J connectivity index is 1.72. The van der Waals surface area contributed by atoms with Gasteiger partial charge in [0.25, 0.3) is 5.91 Å². The second kappa shape index (κ2) is 10.1. The van der Waals surface area contributed by atoms with Gasteiger partial charge in [0, 0.05) is 24.6 Å². The van der Waals surface area contributed by atoms with E-state index in [0.29, 0.717) is 33.6 Å². The first-order valence-corrected chi connectivity index (χ1v) is 15.2. The second-order valence-electron chi connectivity index (χ2n) is 8.92. The third-order valence-electron chi connectivity index (χ3n) is 5.97. The van der Waals surface area contributed by atoms with Crippen LogP contribution in [-0.4, -0.2) is 59.6 Å². The molecule has 1 aromatic carbocycles. The predicted octanol–water partition coefficient (Wildman–Crippen LogP) is 3.31. The van der Waals surface area contributed by atoms with Gasteiger partial charge in [0.05, 0.1) is 23.8 Å². The Morgan fingerprint density at radius 2 is 1.78 bits per heavy atom. The van der Waals surface area contributed by atoms with Crippen molar-refractivity contribution in [2.45, 2.75) is 31.6 Å². The average molecular weight is 536 g/mol. The maximum absolute atomic E-state index is 12.9. The van der Waals surface area contributed by atoms with E-state index in [1.54, 1.807) is 37.4 Å². The molecule has 0 bridgehead atoms. The number of hydrogen-bond acceptors (Lipinski definition) is 8. The number of nitrogens with zero attached hydrogens (tertiary/aromatic N) is 1. The third kappa shape index (κ3) is 5.98. The molecule has 12 heteroatoms. The maximum Gasteiger partial charge on any atom is 0.255 e. The van der Waals surface area contributed by atoms with E-state index < -0.39 is 19.9 Å². The minimum absolute atomic E-state index is 0.0666. The number of anilines is 1. The number of nitrogens with one attached hydrogen (secondary N) is 2. The summed E-state index contributed by atoms with van der Waals surface area (Å²) in [4.78, 5) is 17.3. The molecule has 0 unspecified atom stereocenters. The number of furan rings is 1. The van der Waals surface area contributed by atoms with Crippen LogP contribution in [0.25, 0.3) is 22.4 Å². The fourth-order valence-electron chi connectivity index (χ4n) is 3.98. The molecular formula is C24H29N3O7S2. The number of benzene rings is 1. The quantitative estimate of drug-likeness (QED) is 0.356. The number of aromatic nitrogens is 1. The smallest absolute Gasteiger partial charge is 0.255 e. The molecule has 10 nitrogen and oxygen atoms in total. The molecule has 0 aliphatic heterocycles. The van der Waals surface area contributed by atoms with Gasteiger partial charge in [-0.15, -0.1) is 0 Å². The molecule has 0 atom stereocenters. The van der Waals surface area contributed by atoms with Gasteiger partial charge in [0.15, 0.2) is 0 Å². The molecule has 1 aliphatic carbocycles. The van der Waals surface area contributed by atoms with Gasteiger partial charge in [0.2, 0.25) is 15.7 Å². The highest BCUT2D eigenvalue weighted by Gasteiger charge is 2.31. The lowest BCUT2D eigenvalue weighted by Gasteiger charge is -2.11. The summed E-state index contributed by atoms with van der Waals surface area (Å²) in [5.74, 6) is 0.630. The van der Waals surface area contributed by atoms with Crippen molar-refractivity contribution in [1.82, 2.24) is 10.3 Å². The first-order valence-electron chi connectivity index (χ1n) is 11.5. The number of amides is 1. The Morgan fingerprint density at radius 1 is 1.11 bits per heavy atom. The number of ether oxygens (including phenoxy) is 1. The van der Waals surface area contributed by atoms with Crippen molar-refractivity contribution in [1.29, 1.82) is 0 Å². The Morgan fingerprint density at radius 3 is 2.36 bits per heavy atom. The number of pyridine rings is 1. The zero-order chi connectivity index (χ0) is 26.1. The standard InChI is InChI=1S/C24H29N3O7S2/c1-25-23(28)20-19-14-18(15-6-7-15)22(27-36(31,32)13-5-4-12-35(3,29)30)26-24(19)34-21(20)16-8-10-17(33-2)11-9-16/h8-11,14-15H,4-7,12-13H2,1-3H3,(H,25,28)(H,26,27). The summed E-state index contributed by atoms with van der Waals surface area (Å²) in [6, 6.07) is 8.82. The zero-order valence-electron chi connectivity index (χ0n) is 20.3. The summed E-state index contributed by atoms with van der Waals surface area (Å²) < 4.78 is 61.9. The Labute approximate surface area is 210 Å². The van der Waals surface area contributed by atoms with Crippen LogP contribution in [0.3, 0.4) is 0 Å². The van der Waals surface area contributed by atoms with Crippen LogP contribution in [-0.2, 0) is 19.9 Å². The number of sulfone groups is 1. The summed E-state index contributed by atoms with van der Waals surface area (Å²) in [6.07, 6.45) is 3.34. The van der Waals surface area contributed by atoms with Crippen LogP contribution in [0.5, 0.6) is 5.75 Å². The Kier molecular flexibility index (Phi) is 7.28. The van der Waals surface area contributed by atoms with E-state index in [1.165, 1.54) is 7.05 Å². The van der Waals surface area contributed by atoms with Crippen molar-refractivity contribution >= 4 is 42.7 Å². The Hall–Kier alpha value is -3.12. The van der Waals surface area contributed by atoms with E-state index in [1.807, 2.05) is 0 Å². The average Bonchev–Trinajstić information content (AvgIpc) is 3.60. The van der Waals surface area contributed by atoms with Crippen molar-refractivity contribution in [2.75, 3.05) is 36.6 Å². The van der Waals surface area contributed by atoms with Gasteiger partial charge < -0.3 is 14.5 Å². The van der Waals surface area contributed by atoms with E-state index in [-0.39, 0.29) is 47.7 Å². The third-order valence-corrected chi connectivity index (χ3v) is 8.33. The number of unbranched alkanes of at least 4 members (excludes halogenated alkanes) is 1. The van der Waals surface area contributed by atoms with Crippen molar-refractivity contribution in [2.24, 2.45) is 0 Å². The van der Waals surface area contributed by atoms with Crippen LogP contribution in [0.2, 0.25) is 0 Å². The molecule has 4 rings (SSSR count). The lowest BCUT2D eigenvalue weighted by atomic mass is 10.0. The summed E-state index contributed by atoms with van der Waals surface area (Å²) in [5, 5.41) is 3.14. The molecule has 3 aromatic rings. The van der Waals surface area contributed by atoms with E-state index in [4.69, 9.17) is 9.15 Å². The molecule has 2 N–H and O–H groups in total. The number of methoxy groups -OCH3 is 1. The summed E-state index contributed by atoms with van der Waals surface area (Å²) >= 11 is 0. The highest BCUT2D eigenvalue weighted by molar-refractivity contribution is 7.92. The van der Waals surface area contributed by atoms with Crippen LogP contribution >= 0.6 is 0 Å². The number of hydrogen-bond donors (Lipinski definition) is 2. The summed E-state index contributed by atoms with van der Waals surface area (Å²) in [5.41, 5.74) is 1.81. The molecule has 2 heterocycles. The molecule has 1 fully saturated rings. The lowest BCUT2D eigenvalue weighted by molar-refractivity contribution is 0.0964. The molecule has 1 amide bonds. The van der Waals surface area contributed by atoms with Gasteiger partial charge in [-0.2, -0.15) is 4.98 Å². The Bertz CT molecular complexity index is 1490. The molecule has 0 spiro atoms. The fraction of sp³-hybridized carbons (Fsp3) is 0.417. The molecule has 0 saturated heterocycles. The molecule has 2 aromatic heterocycles. The number of rotatable bonds is 11. The number of fused-ring (bicyclic) bond motifs is 1. The molecule has 1 saturated carbocycles. The van der Waals surface area contributed by atoms with Crippen LogP contribution in [0, 0.1) is 0 Å². The largest absolute Gasteiger partial charge is 0.497 e. The highest BCUT2D eigenvalue weighted by Crippen LogP contribution is 2.45. The van der Waals surface area contributed by atoms with E-state index in [9.17, 15) is 21.6 Å². The first-order chi connectivity index (χ1) is 17.0. The minimum atomic E-state index is -3.78. The van der Waals surface area contributed by atoms with E-state index in [2.05, 4.69) is 15.0 Å². The summed E-state index contributed by atoms with van der Waals surface area (Å²) in [6.45, 7) is 0. The SMILES string of the molecule is CNC(=O)c1c(-c2ccc(OC)cc2)oc2nc(NS(=O)(=O)CCCCS(C)(=O)=O)c(C3CC3)cc12. The first kappa shape index (κ1) is 26.0. The van der Waals surface area contributed by atoms with Crippen LogP contribution in [0.4, 0.5) is 5.82 Å². The highest BCUT2D eigenvalue weighted by atomic mass is 32.2. The maximum atomic E-state index is 12.9. The normalized spacial score (nSPS) is 14.1. The fourth-order valence-corrected chi connectivity index (χ4v) is 5.85. The van der Waals surface area contributed by atoms with Gasteiger partial charge in [-0.25, -0.2) is 16.8 Å².